The van der Waals surface area contributed by atoms with Crippen LogP contribution in [0.5, 0.6) is 0 Å². The molecular formula is C19H10Cl2F7N3O3. The summed E-state index contributed by atoms with van der Waals surface area (Å²) in [6.45, 7) is 0. The molecule has 15 heteroatoms. The molecular weight excluding hydrogens is 522 g/mol. The minimum absolute atomic E-state index is 0.0510. The van der Waals surface area contributed by atoms with Crippen LogP contribution >= 0.6 is 23.2 Å². The van der Waals surface area contributed by atoms with E-state index >= 15 is 0 Å². The van der Waals surface area contributed by atoms with Crippen LogP contribution in [0.3, 0.4) is 0 Å². The van der Waals surface area contributed by atoms with Gasteiger partial charge in [0, 0.05) is 17.8 Å². The number of nitrogens with one attached hydrogen (secondary N) is 3. The molecule has 0 aromatic heterocycles. The van der Waals surface area contributed by atoms with Crippen LogP contribution in [0.15, 0.2) is 24.3 Å². The maximum atomic E-state index is 14.2. The summed E-state index contributed by atoms with van der Waals surface area (Å²) >= 11 is 11.5. The molecule has 1 fully saturated rings. The van der Waals surface area contributed by atoms with Gasteiger partial charge in [0.1, 0.15) is 16.0 Å². The molecule has 1 atom stereocenters. The van der Waals surface area contributed by atoms with Crippen molar-refractivity contribution in [3.8, 4) is 0 Å². The van der Waals surface area contributed by atoms with E-state index in [-0.39, 0.29) is 18.2 Å². The number of amides is 3. The predicted octanol–water partition coefficient (Wildman–Crippen LogP) is 5.13. The van der Waals surface area contributed by atoms with Crippen LogP contribution in [0.4, 0.5) is 47.8 Å². The van der Waals surface area contributed by atoms with Crippen LogP contribution in [-0.2, 0) is 9.59 Å². The van der Waals surface area contributed by atoms with Crippen molar-refractivity contribution in [2.24, 2.45) is 5.92 Å². The number of carbonyl (C=O) groups is 3. The average molecular weight is 532 g/mol. The van der Waals surface area contributed by atoms with Gasteiger partial charge in [-0.05, 0) is 18.6 Å². The van der Waals surface area contributed by atoms with E-state index in [0.717, 1.165) is 5.32 Å². The third-order valence-electron chi connectivity index (χ3n) is 4.49. The van der Waals surface area contributed by atoms with E-state index < -0.39 is 74.4 Å². The molecule has 34 heavy (non-hydrogen) atoms. The summed E-state index contributed by atoms with van der Waals surface area (Å²) in [6.07, 6.45) is -5.31. The molecule has 2 aromatic rings. The molecule has 1 aliphatic carbocycles. The normalized spacial score (nSPS) is 16.6. The van der Waals surface area contributed by atoms with Gasteiger partial charge in [0.25, 0.3) is 5.91 Å². The van der Waals surface area contributed by atoms with Gasteiger partial charge in [-0.1, -0.05) is 0 Å². The zero-order chi connectivity index (χ0) is 25.6. The lowest BCUT2D eigenvalue weighted by atomic mass is 10.1. The fraction of sp³-hybridized carbons (Fsp3) is 0.211. The number of rotatable bonds is 5. The highest BCUT2D eigenvalue weighted by Gasteiger charge is 2.56. The first kappa shape index (κ1) is 25.6. The third kappa shape index (κ3) is 5.53. The molecule has 3 amide bonds. The van der Waals surface area contributed by atoms with Crippen molar-refractivity contribution < 1.29 is 45.1 Å². The topological polar surface area (TPSA) is 87.3 Å². The highest BCUT2D eigenvalue weighted by molar-refractivity contribution is 6.52. The van der Waals surface area contributed by atoms with E-state index in [2.05, 4.69) is 5.32 Å². The second-order valence-corrected chi connectivity index (χ2v) is 8.59. The quantitative estimate of drug-likeness (QED) is 0.369. The molecule has 2 aromatic carbocycles. The standard InChI is InChI=1S/C19H10Cl2F7N3O3/c20-18(21)5-8(18)16(33)29-6-1-7(14(25)11(24)2-6)15(32)30-12-4-13(10(23)3-9(12)22)31-17(34)19(26,27)28/h1-4,8H,5H2,(H,29,33)(H,30,32)(H,31,34). The van der Waals surface area contributed by atoms with E-state index in [9.17, 15) is 45.1 Å². The minimum Gasteiger partial charge on any atom is -0.326 e. The van der Waals surface area contributed by atoms with Gasteiger partial charge >= 0.3 is 12.1 Å². The number of hydrogen-bond donors (Lipinski definition) is 3. The average Bonchev–Trinajstić information content (AvgIpc) is 3.35. The van der Waals surface area contributed by atoms with Gasteiger partial charge in [-0.2, -0.15) is 13.2 Å². The molecule has 1 unspecified atom stereocenters. The van der Waals surface area contributed by atoms with Gasteiger partial charge in [0.05, 0.1) is 22.9 Å². The molecule has 3 N–H and O–H groups in total. The molecule has 0 heterocycles. The number of carbonyl (C=O) groups excluding carboxylic acids is 3. The Balaban J connectivity index is 1.85. The van der Waals surface area contributed by atoms with Gasteiger partial charge in [0.2, 0.25) is 5.91 Å². The summed E-state index contributed by atoms with van der Waals surface area (Å²) in [5.74, 6) is -12.1. The summed E-state index contributed by atoms with van der Waals surface area (Å²) in [6, 6.07) is 1.58. The Labute approximate surface area is 195 Å². The zero-order valence-corrected chi connectivity index (χ0v) is 17.7. The van der Waals surface area contributed by atoms with Crippen LogP contribution in [0.25, 0.3) is 0 Å². The van der Waals surface area contributed by atoms with Crippen LogP contribution in [0, 0.1) is 29.2 Å². The molecule has 6 nitrogen and oxygen atoms in total. The van der Waals surface area contributed by atoms with Crippen molar-refractivity contribution in [3.05, 3.63) is 53.1 Å². The summed E-state index contributed by atoms with van der Waals surface area (Å²) in [5, 5.41) is 5.05. The van der Waals surface area contributed by atoms with Crippen molar-refractivity contribution in [1.82, 2.24) is 0 Å². The van der Waals surface area contributed by atoms with Gasteiger partial charge in [-0.25, -0.2) is 17.6 Å². The monoisotopic (exact) mass is 531 g/mol. The summed E-state index contributed by atoms with van der Waals surface area (Å²) in [4.78, 5) is 35.4. The largest absolute Gasteiger partial charge is 0.471 e. The Morgan fingerprint density at radius 1 is 0.853 bits per heavy atom. The minimum atomic E-state index is -5.40. The van der Waals surface area contributed by atoms with Crippen LogP contribution in [-0.4, -0.2) is 28.2 Å². The molecule has 0 aliphatic heterocycles. The Bertz CT molecular complexity index is 1200. The molecule has 182 valence electrons. The second-order valence-electron chi connectivity index (χ2n) is 7.04. The number of hydrogen-bond acceptors (Lipinski definition) is 3. The van der Waals surface area contributed by atoms with Crippen LogP contribution in [0.2, 0.25) is 0 Å². The molecule has 3 rings (SSSR count). The fourth-order valence-corrected chi connectivity index (χ4v) is 3.18. The molecule has 1 aliphatic rings. The Hall–Kier alpha value is -3.06. The van der Waals surface area contributed by atoms with E-state index in [0.29, 0.717) is 18.2 Å². The van der Waals surface area contributed by atoms with Gasteiger partial charge in [-0.15, -0.1) is 23.2 Å². The third-order valence-corrected chi connectivity index (χ3v) is 5.33. The van der Waals surface area contributed by atoms with E-state index in [4.69, 9.17) is 23.2 Å². The molecule has 0 saturated heterocycles. The number of alkyl halides is 5. The van der Waals surface area contributed by atoms with Crippen molar-refractivity contribution in [3.63, 3.8) is 0 Å². The van der Waals surface area contributed by atoms with E-state index in [1.807, 2.05) is 0 Å². The zero-order valence-electron chi connectivity index (χ0n) is 16.2. The Morgan fingerprint density at radius 3 is 1.94 bits per heavy atom. The molecule has 0 bridgehead atoms. The van der Waals surface area contributed by atoms with E-state index in [1.54, 1.807) is 5.32 Å². The van der Waals surface area contributed by atoms with Gasteiger partial charge in [0.15, 0.2) is 11.6 Å². The number of benzene rings is 2. The summed E-state index contributed by atoms with van der Waals surface area (Å²) in [7, 11) is 0. The second kappa shape index (κ2) is 8.95. The first-order chi connectivity index (χ1) is 15.6. The van der Waals surface area contributed by atoms with Crippen LogP contribution in [0.1, 0.15) is 16.8 Å². The lowest BCUT2D eigenvalue weighted by molar-refractivity contribution is -0.167. The SMILES string of the molecule is O=C(Nc1cc(NC(=O)C(F)(F)F)c(F)cc1F)c1cc(NC(=O)C2CC2(Cl)Cl)cc(F)c1F. The first-order valence-electron chi connectivity index (χ1n) is 8.96. The summed E-state index contributed by atoms with van der Waals surface area (Å²) < 4.78 is 91.8. The van der Waals surface area contributed by atoms with Crippen molar-refractivity contribution in [2.45, 2.75) is 16.9 Å². The lowest BCUT2D eigenvalue weighted by Crippen LogP contribution is -2.30. The van der Waals surface area contributed by atoms with Crippen molar-refractivity contribution in [1.29, 1.82) is 0 Å². The van der Waals surface area contributed by atoms with Crippen molar-refractivity contribution >= 4 is 58.0 Å². The molecule has 1 saturated carbocycles. The maximum absolute atomic E-state index is 14.2. The predicted molar refractivity (Wildman–Crippen MR) is 107 cm³/mol. The Morgan fingerprint density at radius 2 is 1.41 bits per heavy atom. The Kier molecular flexibility index (Phi) is 6.73. The number of anilines is 3. The molecule has 0 radical (unpaired) electrons. The highest BCUT2D eigenvalue weighted by Crippen LogP contribution is 2.53. The van der Waals surface area contributed by atoms with Crippen LogP contribution < -0.4 is 16.0 Å². The number of halogens is 9. The smallest absolute Gasteiger partial charge is 0.326 e. The lowest BCUT2D eigenvalue weighted by Gasteiger charge is -2.13. The fourth-order valence-electron chi connectivity index (χ4n) is 2.68. The summed E-state index contributed by atoms with van der Waals surface area (Å²) in [5.41, 5.74) is -3.55. The van der Waals surface area contributed by atoms with E-state index in [1.165, 1.54) is 0 Å². The van der Waals surface area contributed by atoms with Gasteiger partial charge < -0.3 is 16.0 Å². The van der Waals surface area contributed by atoms with Gasteiger partial charge in [-0.3, -0.25) is 14.4 Å². The molecule has 0 spiro atoms. The van der Waals surface area contributed by atoms with Crippen molar-refractivity contribution in [2.75, 3.05) is 16.0 Å². The highest BCUT2D eigenvalue weighted by atomic mass is 35.5. The first-order valence-corrected chi connectivity index (χ1v) is 9.72. The maximum Gasteiger partial charge on any atom is 0.471 e.